The maximum Gasteiger partial charge on any atom is 0.339 e. The third-order valence-electron chi connectivity index (χ3n) is 7.20. The number of phenols is 1. The van der Waals surface area contributed by atoms with E-state index in [2.05, 4.69) is 15.0 Å². The molecule has 252 valence electrons. The number of ketones is 1. The van der Waals surface area contributed by atoms with Crippen LogP contribution in [-0.2, 0) is 19.6 Å². The second-order valence-electron chi connectivity index (χ2n) is 10.5. The number of sulfonamides is 1. The molecule has 0 fully saturated rings. The Kier molecular flexibility index (Phi) is 11.9. The number of aliphatic carboxylic acids is 1. The summed E-state index contributed by atoms with van der Waals surface area (Å²) in [5, 5.41) is 31.6. The number of carbonyl (C=O) groups excluding carboxylic acids is 2. The van der Waals surface area contributed by atoms with Crippen LogP contribution in [0.25, 0.3) is 11.3 Å². The fraction of sp³-hybridized carbons (Fsp3) is 0.219. The minimum absolute atomic E-state index is 0.0570. The van der Waals surface area contributed by atoms with E-state index in [1.165, 1.54) is 6.20 Å². The average molecular weight is 719 g/mol. The van der Waals surface area contributed by atoms with Crippen molar-refractivity contribution in [2.45, 2.75) is 42.5 Å². The fourth-order valence-corrected chi connectivity index (χ4v) is 6.43. The summed E-state index contributed by atoms with van der Waals surface area (Å²) in [6.07, 6.45) is 1.36. The molecule has 48 heavy (non-hydrogen) atoms. The number of aromatic hydroxyl groups is 1. The minimum atomic E-state index is -4.11. The lowest BCUT2D eigenvalue weighted by molar-refractivity contribution is -0.142. The predicted octanol–water partition coefficient (Wildman–Crippen LogP) is 5.13. The van der Waals surface area contributed by atoms with Gasteiger partial charge in [-0.1, -0.05) is 66.0 Å². The number of carbonyl (C=O) groups is 4. The molecule has 2 atom stereocenters. The zero-order chi connectivity index (χ0) is 35.0. The van der Waals surface area contributed by atoms with Gasteiger partial charge in [-0.2, -0.15) is 0 Å². The molecule has 1 aromatic heterocycles. The van der Waals surface area contributed by atoms with Crippen molar-refractivity contribution < 1.29 is 47.3 Å². The number of aromatic nitrogens is 1. The zero-order valence-electron chi connectivity index (χ0n) is 24.9. The molecule has 4 aromatic rings. The number of nitrogens with one attached hydrogen (secondary N) is 2. The molecular formula is C32H29Cl2N3O10S. The summed E-state index contributed by atoms with van der Waals surface area (Å²) in [4.78, 5) is 53.3. The second kappa shape index (κ2) is 15.9. The molecule has 5 N–H and O–H groups in total. The van der Waals surface area contributed by atoms with E-state index in [-0.39, 0.29) is 40.1 Å². The zero-order valence-corrected chi connectivity index (χ0v) is 27.3. The normalized spacial score (nSPS) is 12.6. The molecule has 3 aromatic carbocycles. The van der Waals surface area contributed by atoms with Crippen molar-refractivity contribution >= 4 is 56.9 Å². The van der Waals surface area contributed by atoms with Crippen molar-refractivity contribution in [1.29, 1.82) is 0 Å². The molecule has 1 unspecified atom stereocenters. The lowest BCUT2D eigenvalue weighted by Gasteiger charge is -2.20. The number of nitrogens with zero attached hydrogens (tertiary/aromatic N) is 1. The van der Waals surface area contributed by atoms with Crippen molar-refractivity contribution in [2.75, 3.05) is 6.54 Å². The van der Waals surface area contributed by atoms with Gasteiger partial charge in [-0.3, -0.25) is 9.59 Å². The molecule has 0 radical (unpaired) electrons. The molecule has 0 aliphatic heterocycles. The number of amides is 1. The Hall–Kier alpha value is -4.76. The topological polar surface area (TPSA) is 213 Å². The van der Waals surface area contributed by atoms with E-state index in [4.69, 9.17) is 32.7 Å². The highest BCUT2D eigenvalue weighted by atomic mass is 35.5. The first-order valence-corrected chi connectivity index (χ1v) is 16.6. The van der Waals surface area contributed by atoms with Gasteiger partial charge in [-0.25, -0.2) is 27.7 Å². The number of halogens is 2. The van der Waals surface area contributed by atoms with Crippen LogP contribution in [0.1, 0.15) is 58.2 Å². The molecule has 0 bridgehead atoms. The van der Waals surface area contributed by atoms with Crippen molar-refractivity contribution in [3.05, 3.63) is 100.0 Å². The second-order valence-corrected chi connectivity index (χ2v) is 13.1. The van der Waals surface area contributed by atoms with Gasteiger partial charge in [0.2, 0.25) is 21.7 Å². The van der Waals surface area contributed by atoms with Crippen LogP contribution in [0.2, 0.25) is 10.0 Å². The van der Waals surface area contributed by atoms with Gasteiger partial charge in [-0.05, 0) is 48.7 Å². The van der Waals surface area contributed by atoms with Crippen molar-refractivity contribution in [3.8, 4) is 17.1 Å². The SMILES string of the molecule is O=C(C[C@H](NC(=O)C(CCCCNS(=O)(=O)c1ccc(O)c(C(=O)O)c1)c1ccccc1)C(=O)O)c1ncc(-c2c(Cl)cccc2Cl)o1. The van der Waals surface area contributed by atoms with E-state index in [0.717, 1.165) is 18.2 Å². The van der Waals surface area contributed by atoms with E-state index in [0.29, 0.717) is 17.5 Å². The van der Waals surface area contributed by atoms with E-state index in [1.54, 1.807) is 48.5 Å². The van der Waals surface area contributed by atoms with Crippen molar-refractivity contribution in [3.63, 3.8) is 0 Å². The van der Waals surface area contributed by atoms with Gasteiger partial charge in [0.15, 0.2) is 5.76 Å². The minimum Gasteiger partial charge on any atom is -0.507 e. The summed E-state index contributed by atoms with van der Waals surface area (Å²) < 4.78 is 33.2. The molecule has 0 saturated carbocycles. The number of benzene rings is 3. The Morgan fingerprint density at radius 2 is 1.60 bits per heavy atom. The van der Waals surface area contributed by atoms with Gasteiger partial charge in [0.05, 0.1) is 32.6 Å². The summed E-state index contributed by atoms with van der Waals surface area (Å²) in [5.41, 5.74) is 0.315. The summed E-state index contributed by atoms with van der Waals surface area (Å²) in [6.45, 7) is -0.0570. The van der Waals surface area contributed by atoms with Crippen molar-refractivity contribution in [2.24, 2.45) is 0 Å². The summed E-state index contributed by atoms with van der Waals surface area (Å²) in [6, 6.07) is 14.5. The smallest absolute Gasteiger partial charge is 0.339 e. The summed E-state index contributed by atoms with van der Waals surface area (Å²) in [5.74, 6) is -6.11. The first-order valence-electron chi connectivity index (χ1n) is 14.4. The van der Waals surface area contributed by atoms with Gasteiger partial charge in [-0.15, -0.1) is 0 Å². The van der Waals surface area contributed by atoms with E-state index < -0.39 is 69.2 Å². The molecule has 0 aliphatic rings. The molecule has 0 aliphatic carbocycles. The highest BCUT2D eigenvalue weighted by molar-refractivity contribution is 7.89. The van der Waals surface area contributed by atoms with E-state index in [9.17, 15) is 37.8 Å². The molecule has 4 rings (SSSR count). The van der Waals surface area contributed by atoms with Crippen molar-refractivity contribution in [1.82, 2.24) is 15.0 Å². The van der Waals surface area contributed by atoms with Crippen LogP contribution in [-0.4, -0.2) is 64.9 Å². The highest BCUT2D eigenvalue weighted by Crippen LogP contribution is 2.35. The van der Waals surface area contributed by atoms with Crippen LogP contribution < -0.4 is 10.0 Å². The van der Waals surface area contributed by atoms with Gasteiger partial charge >= 0.3 is 11.9 Å². The van der Waals surface area contributed by atoms with Gasteiger partial charge in [0.1, 0.15) is 17.4 Å². The lowest BCUT2D eigenvalue weighted by Crippen LogP contribution is -2.44. The fourth-order valence-electron chi connectivity index (χ4n) is 4.75. The Bertz CT molecular complexity index is 1910. The standard InChI is InChI=1S/C32H29Cl2N3O10S/c33-22-10-6-11-23(34)28(22)27-17-35-30(47-27)26(39)16-24(32(43)44)37-29(40)20(18-7-2-1-3-8-18)9-4-5-14-36-48(45,46)19-12-13-25(38)21(15-19)31(41)42/h1-3,6-8,10-13,15,17,20,24,36,38H,4-5,9,14,16H2,(H,37,40)(H,41,42)(H,43,44)/t20?,24-/m0/s1. The number of rotatable bonds is 16. The van der Waals surface area contributed by atoms with Crippen LogP contribution in [0.5, 0.6) is 5.75 Å². The van der Waals surface area contributed by atoms with Crippen LogP contribution in [0.3, 0.4) is 0 Å². The molecule has 1 heterocycles. The molecule has 16 heteroatoms. The largest absolute Gasteiger partial charge is 0.507 e. The van der Waals surface area contributed by atoms with Gasteiger partial charge in [0.25, 0.3) is 5.89 Å². The Morgan fingerprint density at radius 3 is 2.25 bits per heavy atom. The number of oxazole rings is 1. The third kappa shape index (κ3) is 8.98. The number of carboxylic acids is 2. The average Bonchev–Trinajstić information content (AvgIpc) is 3.52. The summed E-state index contributed by atoms with van der Waals surface area (Å²) in [7, 11) is -4.11. The summed E-state index contributed by atoms with van der Waals surface area (Å²) >= 11 is 12.4. The number of Topliss-reactive ketones (excluding diaryl/α,β-unsaturated/α-hetero) is 1. The maximum atomic E-state index is 13.4. The van der Waals surface area contributed by atoms with Gasteiger partial charge in [0, 0.05) is 13.0 Å². The van der Waals surface area contributed by atoms with Crippen LogP contribution in [0.4, 0.5) is 0 Å². The quantitative estimate of drug-likeness (QED) is 0.0757. The Labute approximate surface area is 284 Å². The number of hydrogen-bond donors (Lipinski definition) is 5. The number of aromatic carboxylic acids is 1. The first kappa shape index (κ1) is 36.1. The number of carboxylic acid groups (broad SMARTS) is 2. The van der Waals surface area contributed by atoms with E-state index in [1.807, 2.05) is 0 Å². The Morgan fingerprint density at radius 1 is 0.917 bits per heavy atom. The first-order chi connectivity index (χ1) is 22.8. The van der Waals surface area contributed by atoms with Crippen LogP contribution in [0, 0.1) is 0 Å². The van der Waals surface area contributed by atoms with Crippen LogP contribution in [0.15, 0.2) is 82.2 Å². The monoisotopic (exact) mass is 717 g/mol. The predicted molar refractivity (Wildman–Crippen MR) is 174 cm³/mol. The molecular weight excluding hydrogens is 689 g/mol. The van der Waals surface area contributed by atoms with E-state index >= 15 is 0 Å². The highest BCUT2D eigenvalue weighted by Gasteiger charge is 2.30. The number of unbranched alkanes of at least 4 members (excludes halogenated alkanes) is 1. The van der Waals surface area contributed by atoms with Crippen LogP contribution >= 0.6 is 23.2 Å². The lowest BCUT2D eigenvalue weighted by atomic mass is 9.92. The molecule has 13 nitrogen and oxygen atoms in total. The van der Waals surface area contributed by atoms with Gasteiger partial charge < -0.3 is 25.1 Å². The number of hydrogen-bond acceptors (Lipinski definition) is 9. The maximum absolute atomic E-state index is 13.4. The Balaban J connectivity index is 1.39. The molecule has 0 spiro atoms. The molecule has 1 amide bonds. The molecule has 0 saturated heterocycles. The third-order valence-corrected chi connectivity index (χ3v) is 9.28.